The number of rotatable bonds is 3. The molecule has 148 valence electrons. The van der Waals surface area contributed by atoms with Gasteiger partial charge in [0, 0.05) is 11.1 Å². The van der Waals surface area contributed by atoms with Crippen molar-refractivity contribution in [3.8, 4) is 5.69 Å². The third-order valence-electron chi connectivity index (χ3n) is 4.74. The van der Waals surface area contributed by atoms with Crippen molar-refractivity contribution < 1.29 is 9.18 Å². The summed E-state index contributed by atoms with van der Waals surface area (Å²) >= 11 is 1.29. The molecule has 2 aromatic carbocycles. The number of H-pyrrole nitrogens is 1. The van der Waals surface area contributed by atoms with Crippen molar-refractivity contribution in [1.29, 1.82) is 0 Å². The standard InChI is InChI=1S/C21H14FN5O2S/c1-11-15-9-18(30-21(15)27(26-11)14-5-2-12(22)3-6-14)20(29)25-13-4-7-17-16(8-13)19(28)24-10-23-17/h2-10H,1H3,(H,25,29)(H,23,24,28). The Morgan fingerprint density at radius 2 is 1.93 bits per heavy atom. The van der Waals surface area contributed by atoms with E-state index in [9.17, 15) is 14.0 Å². The number of benzene rings is 2. The maximum Gasteiger partial charge on any atom is 0.265 e. The molecule has 7 nitrogen and oxygen atoms in total. The van der Waals surface area contributed by atoms with Crippen LogP contribution in [0.5, 0.6) is 0 Å². The Morgan fingerprint density at radius 1 is 1.13 bits per heavy atom. The van der Waals surface area contributed by atoms with Crippen LogP contribution in [0.1, 0.15) is 15.4 Å². The molecule has 0 radical (unpaired) electrons. The second-order valence-electron chi connectivity index (χ2n) is 6.72. The first-order valence-electron chi connectivity index (χ1n) is 9.03. The van der Waals surface area contributed by atoms with E-state index in [0.717, 1.165) is 15.9 Å². The lowest BCUT2D eigenvalue weighted by molar-refractivity contribution is 0.103. The first kappa shape index (κ1) is 18.2. The lowest BCUT2D eigenvalue weighted by Gasteiger charge is -2.05. The Kier molecular flexibility index (Phi) is 4.18. The molecule has 1 amide bonds. The normalized spacial score (nSPS) is 11.3. The average Bonchev–Trinajstić information content (AvgIpc) is 3.30. The minimum absolute atomic E-state index is 0.270. The number of anilines is 1. The fourth-order valence-corrected chi connectivity index (χ4v) is 4.33. The summed E-state index contributed by atoms with van der Waals surface area (Å²) in [5.74, 6) is -0.615. The highest BCUT2D eigenvalue weighted by Gasteiger charge is 2.17. The molecule has 0 fully saturated rings. The molecular weight excluding hydrogens is 405 g/mol. The van der Waals surface area contributed by atoms with Crippen molar-refractivity contribution in [3.05, 3.63) is 81.6 Å². The topological polar surface area (TPSA) is 92.7 Å². The van der Waals surface area contributed by atoms with Crippen LogP contribution >= 0.6 is 11.3 Å². The van der Waals surface area contributed by atoms with Gasteiger partial charge in [-0.1, -0.05) is 0 Å². The second-order valence-corrected chi connectivity index (χ2v) is 7.75. The summed E-state index contributed by atoms with van der Waals surface area (Å²) in [6.07, 6.45) is 1.34. The number of carbonyl (C=O) groups excluding carboxylic acids is 1. The van der Waals surface area contributed by atoms with Gasteiger partial charge in [-0.3, -0.25) is 9.59 Å². The number of hydrogen-bond acceptors (Lipinski definition) is 5. The van der Waals surface area contributed by atoms with Crippen LogP contribution in [0.3, 0.4) is 0 Å². The number of amides is 1. The Balaban J connectivity index is 1.50. The summed E-state index contributed by atoms with van der Waals surface area (Å²) in [4.78, 5) is 32.7. The lowest BCUT2D eigenvalue weighted by Crippen LogP contribution is -2.11. The number of aromatic nitrogens is 4. The van der Waals surface area contributed by atoms with Crippen LogP contribution in [0.25, 0.3) is 26.8 Å². The summed E-state index contributed by atoms with van der Waals surface area (Å²) in [6, 6.07) is 12.8. The van der Waals surface area contributed by atoms with E-state index in [2.05, 4.69) is 20.4 Å². The molecule has 0 atom stereocenters. The summed E-state index contributed by atoms with van der Waals surface area (Å²) in [5, 5.41) is 8.58. The molecule has 0 aliphatic rings. The molecule has 2 N–H and O–H groups in total. The number of fused-ring (bicyclic) bond motifs is 2. The number of aryl methyl sites for hydroxylation is 1. The average molecular weight is 419 g/mol. The molecule has 3 aromatic heterocycles. The summed E-state index contributed by atoms with van der Waals surface area (Å²) < 4.78 is 15.0. The lowest BCUT2D eigenvalue weighted by atomic mass is 10.2. The molecule has 0 saturated carbocycles. The highest BCUT2D eigenvalue weighted by Crippen LogP contribution is 2.31. The van der Waals surface area contributed by atoms with E-state index in [-0.39, 0.29) is 17.3 Å². The van der Waals surface area contributed by atoms with E-state index in [4.69, 9.17) is 0 Å². The number of nitrogens with one attached hydrogen (secondary N) is 2. The fraction of sp³-hybridized carbons (Fsp3) is 0.0476. The molecular formula is C21H14FN5O2S. The maximum atomic E-state index is 13.3. The van der Waals surface area contributed by atoms with Crippen molar-refractivity contribution in [3.63, 3.8) is 0 Å². The van der Waals surface area contributed by atoms with E-state index in [1.165, 1.54) is 29.8 Å². The van der Waals surface area contributed by atoms with E-state index in [1.807, 2.05) is 6.92 Å². The van der Waals surface area contributed by atoms with Gasteiger partial charge < -0.3 is 10.3 Å². The number of nitrogens with zero attached hydrogens (tertiary/aromatic N) is 3. The Hall–Kier alpha value is -3.85. The smallest absolute Gasteiger partial charge is 0.265 e. The van der Waals surface area contributed by atoms with Gasteiger partial charge in [0.15, 0.2) is 0 Å². The molecule has 30 heavy (non-hydrogen) atoms. The zero-order valence-corrected chi connectivity index (χ0v) is 16.5. The molecule has 9 heteroatoms. The largest absolute Gasteiger partial charge is 0.321 e. The van der Waals surface area contributed by atoms with Crippen molar-refractivity contribution >= 4 is 44.1 Å². The molecule has 5 rings (SSSR count). The fourth-order valence-electron chi connectivity index (χ4n) is 3.26. The number of thiophene rings is 1. The zero-order valence-electron chi connectivity index (χ0n) is 15.6. The quantitative estimate of drug-likeness (QED) is 0.462. The minimum atomic E-state index is -0.324. The van der Waals surface area contributed by atoms with Crippen LogP contribution < -0.4 is 10.9 Å². The second kappa shape index (κ2) is 6.89. The summed E-state index contributed by atoms with van der Waals surface area (Å²) in [7, 11) is 0. The monoisotopic (exact) mass is 419 g/mol. The maximum absolute atomic E-state index is 13.3. The molecule has 0 saturated heterocycles. The summed E-state index contributed by atoms with van der Waals surface area (Å²) in [5.41, 5.74) is 2.26. The Bertz CT molecular complexity index is 1480. The van der Waals surface area contributed by atoms with Crippen LogP contribution in [0.15, 0.2) is 59.7 Å². The molecule has 0 aliphatic carbocycles. The predicted molar refractivity (Wildman–Crippen MR) is 114 cm³/mol. The third-order valence-corrected chi connectivity index (χ3v) is 5.85. The van der Waals surface area contributed by atoms with Crippen molar-refractivity contribution in [2.24, 2.45) is 0 Å². The number of aromatic amines is 1. The molecule has 0 unspecified atom stereocenters. The molecule has 0 aliphatic heterocycles. The van der Waals surface area contributed by atoms with Gasteiger partial charge >= 0.3 is 0 Å². The van der Waals surface area contributed by atoms with Gasteiger partial charge in [-0.2, -0.15) is 5.10 Å². The third kappa shape index (κ3) is 3.05. The van der Waals surface area contributed by atoms with Gasteiger partial charge in [0.25, 0.3) is 11.5 Å². The first-order valence-corrected chi connectivity index (χ1v) is 9.85. The van der Waals surface area contributed by atoms with E-state index < -0.39 is 0 Å². The van der Waals surface area contributed by atoms with Gasteiger partial charge in [0.2, 0.25) is 0 Å². The molecule has 3 heterocycles. The first-order chi connectivity index (χ1) is 14.5. The van der Waals surface area contributed by atoms with Crippen LogP contribution in [-0.4, -0.2) is 25.7 Å². The van der Waals surface area contributed by atoms with Crippen LogP contribution in [0, 0.1) is 12.7 Å². The number of hydrogen-bond donors (Lipinski definition) is 2. The van der Waals surface area contributed by atoms with Crippen LogP contribution in [0.2, 0.25) is 0 Å². The number of halogens is 1. The highest BCUT2D eigenvalue weighted by atomic mass is 32.1. The van der Waals surface area contributed by atoms with Gasteiger partial charge in [-0.25, -0.2) is 14.1 Å². The summed E-state index contributed by atoms with van der Waals surface area (Å²) in [6.45, 7) is 1.86. The Labute approximate surface area is 172 Å². The van der Waals surface area contributed by atoms with E-state index in [1.54, 1.807) is 41.1 Å². The van der Waals surface area contributed by atoms with Gasteiger partial charge in [0.1, 0.15) is 10.6 Å². The zero-order chi connectivity index (χ0) is 20.8. The van der Waals surface area contributed by atoms with E-state index in [0.29, 0.717) is 27.2 Å². The van der Waals surface area contributed by atoms with Crippen molar-refractivity contribution in [1.82, 2.24) is 19.7 Å². The SMILES string of the molecule is Cc1nn(-c2ccc(F)cc2)c2sc(C(=O)Nc3ccc4nc[nH]c(=O)c4c3)cc12. The highest BCUT2D eigenvalue weighted by molar-refractivity contribution is 7.20. The van der Waals surface area contributed by atoms with Crippen molar-refractivity contribution in [2.75, 3.05) is 5.32 Å². The Morgan fingerprint density at radius 3 is 2.73 bits per heavy atom. The molecule has 0 bridgehead atoms. The van der Waals surface area contributed by atoms with E-state index >= 15 is 0 Å². The van der Waals surface area contributed by atoms with Gasteiger partial charge in [-0.15, -0.1) is 11.3 Å². The minimum Gasteiger partial charge on any atom is -0.321 e. The van der Waals surface area contributed by atoms with Crippen molar-refractivity contribution in [2.45, 2.75) is 6.92 Å². The van der Waals surface area contributed by atoms with Crippen LogP contribution in [-0.2, 0) is 0 Å². The van der Waals surface area contributed by atoms with Gasteiger partial charge in [0.05, 0.1) is 33.5 Å². The number of carbonyl (C=O) groups is 1. The predicted octanol–water partition coefficient (Wildman–Crippen LogP) is 4.02. The van der Waals surface area contributed by atoms with Gasteiger partial charge in [-0.05, 0) is 55.5 Å². The molecule has 0 spiro atoms. The van der Waals surface area contributed by atoms with Crippen LogP contribution in [0.4, 0.5) is 10.1 Å². The molecule has 5 aromatic rings.